The molecule has 124 valence electrons. The SMILES string of the molecule is CCc1noc(C)c1C(=O)Nc1c(C)nn(-c2ccccc2)c1C. The first-order valence-electron chi connectivity index (χ1n) is 7.91. The molecule has 3 rings (SSSR count). The zero-order valence-corrected chi connectivity index (χ0v) is 14.3. The Labute approximate surface area is 140 Å². The molecule has 0 aliphatic carbocycles. The molecular formula is C18H20N4O2. The van der Waals surface area contributed by atoms with Gasteiger partial charge in [0.15, 0.2) is 0 Å². The number of aryl methyl sites for hydroxylation is 3. The van der Waals surface area contributed by atoms with Crippen LogP contribution >= 0.6 is 0 Å². The molecule has 6 heteroatoms. The topological polar surface area (TPSA) is 73.0 Å². The molecule has 0 radical (unpaired) electrons. The van der Waals surface area contributed by atoms with Crippen LogP contribution < -0.4 is 5.32 Å². The molecule has 0 bridgehead atoms. The summed E-state index contributed by atoms with van der Waals surface area (Å²) in [4.78, 5) is 12.7. The second-order valence-corrected chi connectivity index (χ2v) is 5.66. The second-order valence-electron chi connectivity index (χ2n) is 5.66. The van der Waals surface area contributed by atoms with Gasteiger partial charge in [-0.25, -0.2) is 4.68 Å². The molecule has 1 aromatic carbocycles. The maximum atomic E-state index is 12.7. The summed E-state index contributed by atoms with van der Waals surface area (Å²) in [6.07, 6.45) is 0.640. The third kappa shape index (κ3) is 2.71. The highest BCUT2D eigenvalue weighted by molar-refractivity contribution is 6.06. The van der Waals surface area contributed by atoms with Crippen LogP contribution in [0.3, 0.4) is 0 Å². The van der Waals surface area contributed by atoms with Crippen LogP contribution in [-0.4, -0.2) is 20.8 Å². The minimum atomic E-state index is -0.218. The Bertz CT molecular complexity index is 878. The van der Waals surface area contributed by atoms with Crippen molar-refractivity contribution < 1.29 is 9.32 Å². The fraction of sp³-hybridized carbons (Fsp3) is 0.278. The molecule has 24 heavy (non-hydrogen) atoms. The average molecular weight is 324 g/mol. The molecule has 0 unspecified atom stereocenters. The van der Waals surface area contributed by atoms with Crippen molar-refractivity contribution in [2.75, 3.05) is 5.32 Å². The standard InChI is InChI=1S/C18H20N4O2/c1-5-15-16(13(4)24-21-15)18(23)19-17-11(2)20-22(12(17)3)14-9-7-6-8-10-14/h6-10H,5H2,1-4H3,(H,19,23). The van der Waals surface area contributed by atoms with Gasteiger partial charge in [0.1, 0.15) is 11.3 Å². The van der Waals surface area contributed by atoms with Crippen LogP contribution in [0.5, 0.6) is 0 Å². The van der Waals surface area contributed by atoms with Crippen LogP contribution in [-0.2, 0) is 6.42 Å². The predicted octanol–water partition coefficient (Wildman–Crippen LogP) is 3.60. The summed E-state index contributed by atoms with van der Waals surface area (Å²) in [7, 11) is 0. The van der Waals surface area contributed by atoms with E-state index in [0.717, 1.165) is 17.1 Å². The van der Waals surface area contributed by atoms with Gasteiger partial charge in [-0.3, -0.25) is 4.79 Å². The molecule has 0 saturated heterocycles. The molecule has 0 fully saturated rings. The number of aromatic nitrogens is 3. The van der Waals surface area contributed by atoms with Crippen molar-refractivity contribution in [1.82, 2.24) is 14.9 Å². The molecule has 3 aromatic rings. The van der Waals surface area contributed by atoms with Gasteiger partial charge in [0, 0.05) is 0 Å². The predicted molar refractivity (Wildman–Crippen MR) is 91.6 cm³/mol. The number of nitrogens with zero attached hydrogens (tertiary/aromatic N) is 3. The smallest absolute Gasteiger partial charge is 0.261 e. The highest BCUT2D eigenvalue weighted by Gasteiger charge is 2.22. The van der Waals surface area contributed by atoms with Crippen molar-refractivity contribution in [2.24, 2.45) is 0 Å². The van der Waals surface area contributed by atoms with Crippen LogP contribution in [0.4, 0.5) is 5.69 Å². The van der Waals surface area contributed by atoms with Crippen LogP contribution in [0, 0.1) is 20.8 Å². The van der Waals surface area contributed by atoms with Crippen molar-refractivity contribution in [3.05, 3.63) is 58.7 Å². The van der Waals surface area contributed by atoms with Crippen molar-refractivity contribution in [1.29, 1.82) is 0 Å². The molecular weight excluding hydrogens is 304 g/mol. The Kier molecular flexibility index (Phi) is 4.20. The summed E-state index contributed by atoms with van der Waals surface area (Å²) in [5, 5.41) is 11.4. The van der Waals surface area contributed by atoms with E-state index in [4.69, 9.17) is 4.52 Å². The third-order valence-corrected chi connectivity index (χ3v) is 4.03. The monoisotopic (exact) mass is 324 g/mol. The molecule has 0 atom stereocenters. The number of anilines is 1. The summed E-state index contributed by atoms with van der Waals surface area (Å²) in [5.41, 5.74) is 4.47. The fourth-order valence-electron chi connectivity index (χ4n) is 2.77. The number of benzene rings is 1. The third-order valence-electron chi connectivity index (χ3n) is 4.03. The minimum absolute atomic E-state index is 0.218. The summed E-state index contributed by atoms with van der Waals surface area (Å²) in [5.74, 6) is 0.305. The highest BCUT2D eigenvalue weighted by atomic mass is 16.5. The van der Waals surface area contributed by atoms with E-state index in [1.54, 1.807) is 6.92 Å². The van der Waals surface area contributed by atoms with Gasteiger partial charge < -0.3 is 9.84 Å². The number of hydrogen-bond acceptors (Lipinski definition) is 4. The van der Waals surface area contributed by atoms with E-state index >= 15 is 0 Å². The van der Waals surface area contributed by atoms with Gasteiger partial charge in [-0.1, -0.05) is 30.3 Å². The lowest BCUT2D eigenvalue weighted by atomic mass is 10.1. The van der Waals surface area contributed by atoms with Gasteiger partial charge in [0.25, 0.3) is 5.91 Å². The molecule has 1 N–H and O–H groups in total. The van der Waals surface area contributed by atoms with Crippen LogP contribution in [0.25, 0.3) is 5.69 Å². The maximum Gasteiger partial charge on any atom is 0.261 e. The van der Waals surface area contributed by atoms with Crippen LogP contribution in [0.1, 0.15) is 40.1 Å². The number of para-hydroxylation sites is 1. The maximum absolute atomic E-state index is 12.7. The van der Waals surface area contributed by atoms with Crippen LogP contribution in [0.2, 0.25) is 0 Å². The van der Waals surface area contributed by atoms with E-state index in [2.05, 4.69) is 15.6 Å². The summed E-state index contributed by atoms with van der Waals surface area (Å²) in [6.45, 7) is 7.50. The summed E-state index contributed by atoms with van der Waals surface area (Å²) in [6, 6.07) is 9.82. The molecule has 0 aliphatic rings. The molecule has 6 nitrogen and oxygen atoms in total. The Morgan fingerprint density at radius 3 is 2.58 bits per heavy atom. The van der Waals surface area contributed by atoms with Gasteiger partial charge in [0.2, 0.25) is 0 Å². The van der Waals surface area contributed by atoms with E-state index in [1.165, 1.54) is 0 Å². The second kappa shape index (κ2) is 6.31. The molecule has 0 aliphatic heterocycles. The van der Waals surface area contributed by atoms with Crippen molar-refractivity contribution >= 4 is 11.6 Å². The number of nitrogens with one attached hydrogen (secondary N) is 1. The minimum Gasteiger partial charge on any atom is -0.361 e. The lowest BCUT2D eigenvalue weighted by Crippen LogP contribution is -2.15. The zero-order chi connectivity index (χ0) is 17.3. The average Bonchev–Trinajstić information content (AvgIpc) is 3.10. The van der Waals surface area contributed by atoms with Gasteiger partial charge in [-0.05, 0) is 39.3 Å². The van der Waals surface area contributed by atoms with E-state index in [0.29, 0.717) is 29.1 Å². The molecule has 2 heterocycles. The lowest BCUT2D eigenvalue weighted by molar-refractivity contribution is 0.102. The van der Waals surface area contributed by atoms with E-state index in [9.17, 15) is 4.79 Å². The van der Waals surface area contributed by atoms with Gasteiger partial charge in [-0.2, -0.15) is 5.10 Å². The Morgan fingerprint density at radius 2 is 1.92 bits per heavy atom. The van der Waals surface area contributed by atoms with Crippen LogP contribution in [0.15, 0.2) is 34.9 Å². The Balaban J connectivity index is 1.95. The molecule has 0 saturated carbocycles. The molecule has 2 aromatic heterocycles. The van der Waals surface area contributed by atoms with E-state index in [1.807, 2.05) is 55.8 Å². The largest absolute Gasteiger partial charge is 0.361 e. The molecule has 0 spiro atoms. The van der Waals surface area contributed by atoms with Crippen molar-refractivity contribution in [3.8, 4) is 5.69 Å². The van der Waals surface area contributed by atoms with E-state index < -0.39 is 0 Å². The fourth-order valence-corrected chi connectivity index (χ4v) is 2.77. The van der Waals surface area contributed by atoms with Crippen molar-refractivity contribution in [2.45, 2.75) is 34.1 Å². The number of hydrogen-bond donors (Lipinski definition) is 1. The number of carbonyl (C=O) groups is 1. The lowest BCUT2D eigenvalue weighted by Gasteiger charge is -2.07. The summed E-state index contributed by atoms with van der Waals surface area (Å²) < 4.78 is 6.97. The van der Waals surface area contributed by atoms with E-state index in [-0.39, 0.29) is 5.91 Å². The quantitative estimate of drug-likeness (QED) is 0.796. The molecule has 1 amide bonds. The normalized spacial score (nSPS) is 10.8. The number of carbonyl (C=O) groups excluding carboxylic acids is 1. The highest BCUT2D eigenvalue weighted by Crippen LogP contribution is 2.24. The Morgan fingerprint density at radius 1 is 1.21 bits per heavy atom. The first-order chi connectivity index (χ1) is 11.5. The van der Waals surface area contributed by atoms with Gasteiger partial charge >= 0.3 is 0 Å². The number of amides is 1. The first kappa shape index (κ1) is 16.0. The first-order valence-corrected chi connectivity index (χ1v) is 7.91. The summed E-state index contributed by atoms with van der Waals surface area (Å²) >= 11 is 0. The number of rotatable bonds is 4. The Hall–Kier alpha value is -2.89. The zero-order valence-electron chi connectivity index (χ0n) is 14.3. The van der Waals surface area contributed by atoms with Gasteiger partial charge in [-0.15, -0.1) is 0 Å². The van der Waals surface area contributed by atoms with Crippen molar-refractivity contribution in [3.63, 3.8) is 0 Å². The van der Waals surface area contributed by atoms with Gasteiger partial charge in [0.05, 0.1) is 28.5 Å².